The summed E-state index contributed by atoms with van der Waals surface area (Å²) in [7, 11) is 0. The van der Waals surface area contributed by atoms with Crippen LogP contribution in [0.2, 0.25) is 0 Å². The number of aromatic nitrogens is 2. The standard InChI is InChI=1S/C26H25N3O3/c1-2-28(25(30)17-29-19-27-24-11-7-6-10-23(24)26(29)31)16-20-12-14-22(15-13-20)32-18-21-8-4-3-5-9-21/h3-15,19H,2,16-18H2,1H3. The lowest BCUT2D eigenvalue weighted by Crippen LogP contribution is -2.36. The van der Waals surface area contributed by atoms with Crippen molar-refractivity contribution in [3.05, 3.63) is 107 Å². The Morgan fingerprint density at radius 1 is 0.938 bits per heavy atom. The average Bonchev–Trinajstić information content (AvgIpc) is 2.84. The quantitative estimate of drug-likeness (QED) is 0.426. The minimum atomic E-state index is -0.208. The molecule has 6 nitrogen and oxygen atoms in total. The van der Waals surface area contributed by atoms with Gasteiger partial charge in [-0.1, -0.05) is 54.6 Å². The molecule has 0 fully saturated rings. The minimum Gasteiger partial charge on any atom is -0.489 e. The van der Waals surface area contributed by atoms with E-state index in [0.717, 1.165) is 16.9 Å². The van der Waals surface area contributed by atoms with Crippen molar-refractivity contribution in [2.75, 3.05) is 6.54 Å². The fourth-order valence-corrected chi connectivity index (χ4v) is 3.49. The number of fused-ring (bicyclic) bond motifs is 1. The fraction of sp³-hybridized carbons (Fsp3) is 0.192. The lowest BCUT2D eigenvalue weighted by atomic mass is 10.2. The second kappa shape index (κ2) is 9.92. The molecule has 0 spiro atoms. The number of hydrogen-bond acceptors (Lipinski definition) is 4. The Morgan fingerprint density at radius 2 is 1.66 bits per heavy atom. The number of carbonyl (C=O) groups is 1. The molecule has 0 radical (unpaired) electrons. The first-order valence-electron chi connectivity index (χ1n) is 10.6. The predicted molar refractivity (Wildman–Crippen MR) is 124 cm³/mol. The summed E-state index contributed by atoms with van der Waals surface area (Å²) in [5.41, 5.74) is 2.53. The number of benzene rings is 3. The van der Waals surface area contributed by atoms with Crippen LogP contribution in [0, 0.1) is 0 Å². The van der Waals surface area contributed by atoms with E-state index in [1.165, 1.54) is 10.9 Å². The maximum atomic E-state index is 12.9. The Bertz CT molecular complexity index is 1250. The van der Waals surface area contributed by atoms with Gasteiger partial charge in [0.05, 0.1) is 17.2 Å². The molecule has 0 saturated carbocycles. The van der Waals surface area contributed by atoms with E-state index in [9.17, 15) is 9.59 Å². The summed E-state index contributed by atoms with van der Waals surface area (Å²) < 4.78 is 7.20. The van der Waals surface area contributed by atoms with Crippen LogP contribution in [0.5, 0.6) is 5.75 Å². The number of ether oxygens (including phenoxy) is 1. The smallest absolute Gasteiger partial charge is 0.261 e. The monoisotopic (exact) mass is 427 g/mol. The maximum Gasteiger partial charge on any atom is 0.261 e. The van der Waals surface area contributed by atoms with Crippen LogP contribution < -0.4 is 10.3 Å². The lowest BCUT2D eigenvalue weighted by Gasteiger charge is -2.21. The Hall–Kier alpha value is -3.93. The van der Waals surface area contributed by atoms with Crippen molar-refractivity contribution >= 4 is 16.8 Å². The third-order valence-electron chi connectivity index (χ3n) is 5.32. The molecular weight excluding hydrogens is 402 g/mol. The van der Waals surface area contributed by atoms with Crippen LogP contribution in [-0.4, -0.2) is 26.9 Å². The maximum absolute atomic E-state index is 12.9. The van der Waals surface area contributed by atoms with Crippen LogP contribution in [0.25, 0.3) is 10.9 Å². The van der Waals surface area contributed by atoms with Crippen molar-refractivity contribution in [3.63, 3.8) is 0 Å². The van der Waals surface area contributed by atoms with Gasteiger partial charge in [-0.2, -0.15) is 0 Å². The van der Waals surface area contributed by atoms with E-state index in [1.807, 2.05) is 67.6 Å². The number of nitrogens with zero attached hydrogens (tertiary/aromatic N) is 3. The van der Waals surface area contributed by atoms with E-state index in [0.29, 0.717) is 30.6 Å². The van der Waals surface area contributed by atoms with Gasteiger partial charge in [0.1, 0.15) is 18.9 Å². The van der Waals surface area contributed by atoms with Crippen molar-refractivity contribution < 1.29 is 9.53 Å². The number of para-hydroxylation sites is 1. The van der Waals surface area contributed by atoms with Gasteiger partial charge in [-0.05, 0) is 42.3 Å². The molecule has 3 aromatic carbocycles. The van der Waals surface area contributed by atoms with E-state index >= 15 is 0 Å². The van der Waals surface area contributed by atoms with Gasteiger partial charge in [0, 0.05) is 13.1 Å². The topological polar surface area (TPSA) is 64.4 Å². The zero-order chi connectivity index (χ0) is 22.3. The van der Waals surface area contributed by atoms with Crippen molar-refractivity contribution in [3.8, 4) is 5.75 Å². The largest absolute Gasteiger partial charge is 0.489 e. The Balaban J connectivity index is 1.39. The number of carbonyl (C=O) groups excluding carboxylic acids is 1. The van der Waals surface area contributed by atoms with Gasteiger partial charge < -0.3 is 9.64 Å². The molecule has 0 aliphatic heterocycles. The molecule has 1 aromatic heterocycles. The molecule has 1 heterocycles. The number of amides is 1. The highest BCUT2D eigenvalue weighted by atomic mass is 16.5. The number of likely N-dealkylation sites (N-methyl/N-ethyl adjacent to an activating group) is 1. The highest BCUT2D eigenvalue weighted by molar-refractivity contribution is 5.79. The zero-order valence-corrected chi connectivity index (χ0v) is 18.0. The molecule has 1 amide bonds. The molecule has 32 heavy (non-hydrogen) atoms. The third-order valence-corrected chi connectivity index (χ3v) is 5.32. The van der Waals surface area contributed by atoms with Gasteiger partial charge >= 0.3 is 0 Å². The van der Waals surface area contributed by atoms with Crippen LogP contribution in [-0.2, 0) is 24.5 Å². The molecule has 0 aliphatic carbocycles. The molecule has 4 rings (SSSR count). The summed E-state index contributed by atoms with van der Waals surface area (Å²) in [6.45, 7) is 3.40. The molecular formula is C26H25N3O3. The molecule has 162 valence electrons. The third kappa shape index (κ3) is 5.03. The lowest BCUT2D eigenvalue weighted by molar-refractivity contribution is -0.132. The Kier molecular flexibility index (Phi) is 6.60. The second-order valence-corrected chi connectivity index (χ2v) is 7.52. The van der Waals surface area contributed by atoms with Gasteiger partial charge in [-0.25, -0.2) is 4.98 Å². The highest BCUT2D eigenvalue weighted by Gasteiger charge is 2.15. The van der Waals surface area contributed by atoms with Gasteiger partial charge in [0.25, 0.3) is 5.56 Å². The van der Waals surface area contributed by atoms with E-state index in [2.05, 4.69) is 4.98 Å². The first-order chi connectivity index (χ1) is 15.6. The number of hydrogen-bond donors (Lipinski definition) is 0. The van der Waals surface area contributed by atoms with Gasteiger partial charge in [-0.15, -0.1) is 0 Å². The first-order valence-corrected chi connectivity index (χ1v) is 10.6. The van der Waals surface area contributed by atoms with Crippen molar-refractivity contribution in [1.82, 2.24) is 14.5 Å². The van der Waals surface area contributed by atoms with Crippen LogP contribution in [0.15, 0.2) is 90.0 Å². The van der Waals surface area contributed by atoms with E-state index in [4.69, 9.17) is 4.74 Å². The highest BCUT2D eigenvalue weighted by Crippen LogP contribution is 2.16. The molecule has 0 bridgehead atoms. The minimum absolute atomic E-state index is 0.0389. The number of rotatable bonds is 8. The molecule has 6 heteroatoms. The van der Waals surface area contributed by atoms with E-state index < -0.39 is 0 Å². The average molecular weight is 428 g/mol. The van der Waals surface area contributed by atoms with Crippen LogP contribution in [0.3, 0.4) is 0 Å². The molecule has 0 N–H and O–H groups in total. The molecule has 0 aliphatic rings. The summed E-state index contributed by atoms with van der Waals surface area (Å²) in [5.74, 6) is 0.650. The van der Waals surface area contributed by atoms with Crippen LogP contribution >= 0.6 is 0 Å². The molecule has 0 unspecified atom stereocenters. The fourth-order valence-electron chi connectivity index (χ4n) is 3.49. The summed E-state index contributed by atoms with van der Waals surface area (Å²) in [5, 5.41) is 0.511. The first kappa shape index (κ1) is 21.3. The predicted octanol–water partition coefficient (Wildman–Crippen LogP) is 4.02. The van der Waals surface area contributed by atoms with Crippen molar-refractivity contribution in [2.24, 2.45) is 0 Å². The summed E-state index contributed by atoms with van der Waals surface area (Å²) >= 11 is 0. The second-order valence-electron chi connectivity index (χ2n) is 7.52. The van der Waals surface area contributed by atoms with Gasteiger partial charge in [0.15, 0.2) is 0 Å². The van der Waals surface area contributed by atoms with E-state index in [1.54, 1.807) is 23.1 Å². The van der Waals surface area contributed by atoms with Gasteiger partial charge in [0.2, 0.25) is 5.91 Å². The summed E-state index contributed by atoms with van der Waals surface area (Å²) in [4.78, 5) is 31.6. The van der Waals surface area contributed by atoms with Crippen LogP contribution in [0.4, 0.5) is 0 Å². The Labute approximate surface area is 186 Å². The van der Waals surface area contributed by atoms with Gasteiger partial charge in [-0.3, -0.25) is 14.2 Å². The summed E-state index contributed by atoms with van der Waals surface area (Å²) in [6, 6.07) is 24.9. The SMILES string of the molecule is CCN(Cc1ccc(OCc2ccccc2)cc1)C(=O)Cn1cnc2ccccc2c1=O. The molecule has 0 saturated heterocycles. The molecule has 0 atom stereocenters. The van der Waals surface area contributed by atoms with Crippen molar-refractivity contribution in [2.45, 2.75) is 26.6 Å². The van der Waals surface area contributed by atoms with E-state index in [-0.39, 0.29) is 18.0 Å². The van der Waals surface area contributed by atoms with Crippen LogP contribution in [0.1, 0.15) is 18.1 Å². The normalized spacial score (nSPS) is 10.8. The van der Waals surface area contributed by atoms with Crippen molar-refractivity contribution in [1.29, 1.82) is 0 Å². The Morgan fingerprint density at radius 3 is 2.41 bits per heavy atom. The summed E-state index contributed by atoms with van der Waals surface area (Å²) in [6.07, 6.45) is 1.44. The zero-order valence-electron chi connectivity index (χ0n) is 18.0. The molecule has 4 aromatic rings.